The number of methoxy groups -OCH3 is 1. The van der Waals surface area contributed by atoms with Crippen molar-refractivity contribution in [2.45, 2.75) is 37.8 Å². The number of hydrogen-bond acceptors (Lipinski definition) is 7. The molecule has 4 aromatic rings. The van der Waals surface area contributed by atoms with E-state index < -0.39 is 39.3 Å². The number of benzene rings is 4. The van der Waals surface area contributed by atoms with Gasteiger partial charge < -0.3 is 15.0 Å². The maximum Gasteiger partial charge on any atom is 0.273 e. The van der Waals surface area contributed by atoms with Gasteiger partial charge in [-0.25, -0.2) is 8.42 Å². The molecule has 0 aliphatic carbocycles. The fourth-order valence-electron chi connectivity index (χ4n) is 4.96. The lowest BCUT2D eigenvalue weighted by Gasteiger charge is -2.33. The molecule has 0 heterocycles. The van der Waals surface area contributed by atoms with Crippen molar-refractivity contribution in [1.82, 2.24) is 10.2 Å². The van der Waals surface area contributed by atoms with Crippen LogP contribution >= 0.6 is 0 Å². The zero-order valence-corrected chi connectivity index (χ0v) is 26.9. The van der Waals surface area contributed by atoms with E-state index in [1.54, 1.807) is 12.1 Å². The van der Waals surface area contributed by atoms with Gasteiger partial charge >= 0.3 is 0 Å². The van der Waals surface area contributed by atoms with Crippen LogP contribution in [0.25, 0.3) is 0 Å². The van der Waals surface area contributed by atoms with Gasteiger partial charge in [0.1, 0.15) is 18.3 Å². The molecule has 0 radical (unpaired) electrons. The molecule has 1 atom stereocenters. The Hall–Kier alpha value is -5.23. The van der Waals surface area contributed by atoms with Crippen LogP contribution in [0.4, 0.5) is 11.4 Å². The molecule has 4 aromatic carbocycles. The summed E-state index contributed by atoms with van der Waals surface area (Å²) in [6, 6.07) is 25.4. The lowest BCUT2D eigenvalue weighted by molar-refractivity contribution is -0.385. The number of ether oxygens (including phenoxy) is 1. The van der Waals surface area contributed by atoms with Crippen molar-refractivity contribution in [3.8, 4) is 5.75 Å². The Kier molecular flexibility index (Phi) is 10.8. The molecule has 12 heteroatoms. The lowest BCUT2D eigenvalue weighted by atomic mass is 10.0. The van der Waals surface area contributed by atoms with Gasteiger partial charge in [0.05, 0.1) is 22.6 Å². The molecule has 0 aromatic heterocycles. The number of rotatable bonds is 13. The molecule has 4 rings (SSSR count). The predicted octanol–water partition coefficient (Wildman–Crippen LogP) is 4.80. The predicted molar refractivity (Wildman–Crippen MR) is 175 cm³/mol. The number of nitro groups is 1. The van der Waals surface area contributed by atoms with Crippen molar-refractivity contribution in [3.05, 3.63) is 129 Å². The van der Waals surface area contributed by atoms with Crippen molar-refractivity contribution in [2.24, 2.45) is 0 Å². The molecule has 0 bridgehead atoms. The van der Waals surface area contributed by atoms with Crippen molar-refractivity contribution in [3.63, 3.8) is 0 Å². The Balaban J connectivity index is 1.82. The molecule has 0 spiro atoms. The molecule has 0 saturated heterocycles. The normalized spacial score (nSPS) is 11.7. The van der Waals surface area contributed by atoms with Gasteiger partial charge in [0.15, 0.2) is 0 Å². The minimum Gasteiger partial charge on any atom is -0.497 e. The van der Waals surface area contributed by atoms with E-state index in [-0.39, 0.29) is 34.8 Å². The van der Waals surface area contributed by atoms with Crippen molar-refractivity contribution in [1.29, 1.82) is 0 Å². The Morgan fingerprint density at radius 2 is 1.57 bits per heavy atom. The molecular formula is C34H36N4O7S. The Morgan fingerprint density at radius 3 is 2.15 bits per heavy atom. The van der Waals surface area contributed by atoms with Crippen molar-refractivity contribution >= 4 is 33.2 Å². The number of aryl methyl sites for hydroxylation is 2. The summed E-state index contributed by atoms with van der Waals surface area (Å²) in [6.45, 7) is 2.78. The van der Waals surface area contributed by atoms with Crippen LogP contribution in [-0.4, -0.2) is 56.8 Å². The molecule has 2 amide bonds. The van der Waals surface area contributed by atoms with Gasteiger partial charge in [-0.05, 0) is 55.3 Å². The van der Waals surface area contributed by atoms with Crippen LogP contribution in [-0.2, 0) is 32.6 Å². The summed E-state index contributed by atoms with van der Waals surface area (Å²) in [4.78, 5) is 39.8. The smallest absolute Gasteiger partial charge is 0.273 e. The number of anilines is 1. The molecule has 1 N–H and O–H groups in total. The summed E-state index contributed by atoms with van der Waals surface area (Å²) < 4.78 is 34.5. The zero-order chi connectivity index (χ0) is 33.4. The number of hydrogen-bond donors (Lipinski definition) is 1. The highest BCUT2D eigenvalue weighted by atomic mass is 32.2. The topological polar surface area (TPSA) is 139 Å². The molecule has 0 aliphatic heterocycles. The van der Waals surface area contributed by atoms with Crippen LogP contribution < -0.4 is 14.4 Å². The number of nitrogens with one attached hydrogen (secondary N) is 1. The highest BCUT2D eigenvalue weighted by molar-refractivity contribution is 7.92. The van der Waals surface area contributed by atoms with Crippen LogP contribution in [0.5, 0.6) is 5.75 Å². The number of carbonyl (C=O) groups excluding carboxylic acids is 2. The number of amides is 2. The Morgan fingerprint density at radius 1 is 0.913 bits per heavy atom. The van der Waals surface area contributed by atoms with E-state index in [9.17, 15) is 28.1 Å². The third-order valence-corrected chi connectivity index (χ3v) is 9.37. The van der Waals surface area contributed by atoms with Gasteiger partial charge in [-0.15, -0.1) is 0 Å². The second-order valence-electron chi connectivity index (χ2n) is 10.7. The molecule has 46 heavy (non-hydrogen) atoms. The van der Waals surface area contributed by atoms with Gasteiger partial charge in [-0.2, -0.15) is 0 Å². The largest absolute Gasteiger partial charge is 0.497 e. The van der Waals surface area contributed by atoms with Crippen LogP contribution in [0.2, 0.25) is 0 Å². The summed E-state index contributed by atoms with van der Waals surface area (Å²) in [5, 5.41) is 14.3. The quantitative estimate of drug-likeness (QED) is 0.163. The minimum absolute atomic E-state index is 0.0243. The van der Waals surface area contributed by atoms with Crippen LogP contribution in [0.15, 0.2) is 102 Å². The van der Waals surface area contributed by atoms with E-state index in [4.69, 9.17) is 4.74 Å². The molecule has 0 aliphatic rings. The fourth-order valence-corrected chi connectivity index (χ4v) is 6.40. The van der Waals surface area contributed by atoms with Gasteiger partial charge in [0.2, 0.25) is 11.8 Å². The second-order valence-corrected chi connectivity index (χ2v) is 12.6. The van der Waals surface area contributed by atoms with Gasteiger partial charge in [0, 0.05) is 31.6 Å². The summed E-state index contributed by atoms with van der Waals surface area (Å²) in [7, 11) is -1.58. The number of nitro benzene ring substituents is 1. The molecule has 0 saturated carbocycles. The van der Waals surface area contributed by atoms with E-state index >= 15 is 0 Å². The maximum atomic E-state index is 14.4. The summed E-state index contributed by atoms with van der Waals surface area (Å²) >= 11 is 0. The fraction of sp³-hybridized carbons (Fsp3) is 0.235. The van der Waals surface area contributed by atoms with E-state index in [0.717, 1.165) is 27.1 Å². The minimum atomic E-state index is -4.52. The first-order valence-corrected chi connectivity index (χ1v) is 15.9. The number of nitrogens with zero attached hydrogens (tertiary/aromatic N) is 3. The molecular weight excluding hydrogens is 608 g/mol. The van der Waals surface area contributed by atoms with E-state index in [1.807, 2.05) is 61.5 Å². The highest BCUT2D eigenvalue weighted by Crippen LogP contribution is 2.30. The first-order chi connectivity index (χ1) is 21.9. The van der Waals surface area contributed by atoms with Crippen LogP contribution in [0.1, 0.15) is 22.3 Å². The number of likely N-dealkylation sites (N-methyl/N-ethyl adjacent to an activating group) is 1. The second kappa shape index (κ2) is 14.7. The van der Waals surface area contributed by atoms with E-state index in [0.29, 0.717) is 5.75 Å². The SMILES string of the molecule is CNC(=O)[C@H](Cc1ccccc1)N(Cc1ccc(C)cc1)C(=O)CN(c1ccc(OC)cc1)S(=O)(=O)c1ccc(C)c([N+](=O)[O-])c1. The van der Waals surface area contributed by atoms with Crippen LogP contribution in [0.3, 0.4) is 0 Å². The Labute approximate surface area is 268 Å². The van der Waals surface area contributed by atoms with Crippen LogP contribution in [0, 0.1) is 24.0 Å². The summed E-state index contributed by atoms with van der Waals surface area (Å²) in [5.41, 5.74) is 2.61. The third-order valence-electron chi connectivity index (χ3n) is 7.60. The van der Waals surface area contributed by atoms with Gasteiger partial charge in [-0.1, -0.05) is 66.2 Å². The van der Waals surface area contributed by atoms with Gasteiger partial charge in [-0.3, -0.25) is 24.0 Å². The maximum absolute atomic E-state index is 14.4. The molecule has 240 valence electrons. The average molecular weight is 645 g/mol. The molecule has 11 nitrogen and oxygen atoms in total. The first-order valence-electron chi connectivity index (χ1n) is 14.5. The van der Waals surface area contributed by atoms with Crippen molar-refractivity contribution < 1.29 is 27.7 Å². The molecule has 0 fully saturated rings. The summed E-state index contributed by atoms with van der Waals surface area (Å²) in [5.74, 6) is -0.606. The monoisotopic (exact) mass is 644 g/mol. The summed E-state index contributed by atoms with van der Waals surface area (Å²) in [6.07, 6.45) is 0.178. The lowest BCUT2D eigenvalue weighted by Crippen LogP contribution is -2.53. The zero-order valence-electron chi connectivity index (χ0n) is 26.0. The average Bonchev–Trinajstić information content (AvgIpc) is 3.06. The molecule has 0 unspecified atom stereocenters. The Bertz CT molecular complexity index is 1800. The van der Waals surface area contributed by atoms with Crippen molar-refractivity contribution in [2.75, 3.05) is 25.0 Å². The third kappa shape index (κ3) is 7.88. The van der Waals surface area contributed by atoms with E-state index in [1.165, 1.54) is 50.2 Å². The van der Waals surface area contributed by atoms with Gasteiger partial charge in [0.25, 0.3) is 15.7 Å². The number of carbonyl (C=O) groups is 2. The standard InChI is InChI=1S/C34H36N4O7S/c1-24-10-13-27(14-11-24)22-36(32(34(40)35-3)20-26-8-6-5-7-9-26)33(39)23-37(28-15-17-29(45-4)18-16-28)46(43,44)30-19-12-25(2)31(21-30)38(41)42/h5-19,21,32H,20,22-23H2,1-4H3,(H,35,40)/t32-/m0/s1. The first kappa shape index (κ1) is 33.7. The van der Waals surface area contributed by atoms with E-state index in [2.05, 4.69) is 5.32 Å². The highest BCUT2D eigenvalue weighted by Gasteiger charge is 2.35. The number of sulfonamides is 1.